The third-order valence-electron chi connectivity index (χ3n) is 2.65. The molecule has 1 N–H and O–H groups in total. The lowest BCUT2D eigenvalue weighted by molar-refractivity contribution is -0.120. The van der Waals surface area contributed by atoms with Crippen LogP contribution in [-0.4, -0.2) is 11.6 Å². The van der Waals surface area contributed by atoms with Crippen LogP contribution in [0, 0.1) is 6.92 Å². The predicted molar refractivity (Wildman–Crippen MR) is 73.9 cm³/mol. The van der Waals surface area contributed by atoms with E-state index in [0.29, 0.717) is 17.9 Å². The van der Waals surface area contributed by atoms with Crippen molar-refractivity contribution in [1.29, 1.82) is 0 Å². The van der Waals surface area contributed by atoms with Gasteiger partial charge in [0, 0.05) is 0 Å². The fraction of sp³-hybridized carbons (Fsp3) is 0.200. The van der Waals surface area contributed by atoms with Crippen molar-refractivity contribution in [3.8, 4) is 0 Å². The molecule has 0 aliphatic carbocycles. The molecule has 1 heterocycles. The first-order chi connectivity index (χ1) is 9.15. The molecular weight excluding hydrogens is 240 g/mol. The van der Waals surface area contributed by atoms with Crippen LogP contribution < -0.4 is 5.43 Å². The monoisotopic (exact) mass is 256 g/mol. The van der Waals surface area contributed by atoms with Gasteiger partial charge in [-0.15, -0.1) is 0 Å². The van der Waals surface area contributed by atoms with Crippen molar-refractivity contribution in [3.63, 3.8) is 0 Å². The van der Waals surface area contributed by atoms with E-state index < -0.39 is 0 Å². The van der Waals surface area contributed by atoms with Crippen LogP contribution in [0.4, 0.5) is 0 Å². The van der Waals surface area contributed by atoms with Gasteiger partial charge < -0.3 is 4.42 Å². The summed E-state index contributed by atoms with van der Waals surface area (Å²) in [6.07, 6.45) is 0.314. The minimum atomic E-state index is -0.145. The van der Waals surface area contributed by atoms with Gasteiger partial charge in [0.25, 0.3) is 0 Å². The zero-order valence-corrected chi connectivity index (χ0v) is 11.0. The lowest BCUT2D eigenvalue weighted by Gasteiger charge is -2.01. The average Bonchev–Trinajstić information content (AvgIpc) is 2.84. The Kier molecular flexibility index (Phi) is 4.13. The molecule has 4 heteroatoms. The number of carbonyl (C=O) groups excluding carboxylic acids is 1. The molecule has 0 unspecified atom stereocenters. The van der Waals surface area contributed by atoms with Gasteiger partial charge >= 0.3 is 0 Å². The number of hydrazone groups is 1. The number of nitrogens with one attached hydrogen (secondary N) is 1. The third-order valence-corrected chi connectivity index (χ3v) is 2.65. The first-order valence-electron chi connectivity index (χ1n) is 6.09. The van der Waals surface area contributed by atoms with Crippen molar-refractivity contribution in [3.05, 3.63) is 59.5 Å². The van der Waals surface area contributed by atoms with E-state index >= 15 is 0 Å². The number of carbonyl (C=O) groups is 1. The van der Waals surface area contributed by atoms with E-state index in [-0.39, 0.29) is 5.91 Å². The van der Waals surface area contributed by atoms with Gasteiger partial charge in [0.05, 0.1) is 6.42 Å². The molecular formula is C15H16N2O2. The number of aryl methyl sites for hydroxylation is 1. The fourth-order valence-corrected chi connectivity index (χ4v) is 1.65. The second kappa shape index (κ2) is 6.00. The van der Waals surface area contributed by atoms with Gasteiger partial charge in [-0.2, -0.15) is 5.10 Å². The minimum absolute atomic E-state index is 0.145. The number of furan rings is 1. The van der Waals surface area contributed by atoms with Crippen molar-refractivity contribution < 1.29 is 9.21 Å². The van der Waals surface area contributed by atoms with E-state index in [2.05, 4.69) is 10.5 Å². The molecule has 4 nitrogen and oxygen atoms in total. The number of rotatable bonds is 4. The third kappa shape index (κ3) is 3.81. The highest BCUT2D eigenvalue weighted by molar-refractivity contribution is 5.96. The SMILES string of the molecule is C/C(=N\NC(=O)Cc1ccccc1)c1ccc(C)o1. The Hall–Kier alpha value is -2.36. The lowest BCUT2D eigenvalue weighted by atomic mass is 10.1. The lowest BCUT2D eigenvalue weighted by Crippen LogP contribution is -2.21. The molecule has 1 amide bonds. The summed E-state index contributed by atoms with van der Waals surface area (Å²) in [7, 11) is 0. The quantitative estimate of drug-likeness (QED) is 0.675. The second-order valence-corrected chi connectivity index (χ2v) is 4.30. The highest BCUT2D eigenvalue weighted by Crippen LogP contribution is 2.07. The Labute approximate surface area is 112 Å². The molecule has 98 valence electrons. The number of nitrogens with zero attached hydrogens (tertiary/aromatic N) is 1. The van der Waals surface area contributed by atoms with Crippen molar-refractivity contribution >= 4 is 11.6 Å². The number of hydrogen-bond acceptors (Lipinski definition) is 3. The van der Waals surface area contributed by atoms with Gasteiger partial charge in [-0.1, -0.05) is 30.3 Å². The average molecular weight is 256 g/mol. The zero-order valence-electron chi connectivity index (χ0n) is 11.0. The summed E-state index contributed by atoms with van der Waals surface area (Å²) in [5.74, 6) is 1.34. The van der Waals surface area contributed by atoms with Crippen molar-refractivity contribution in [2.45, 2.75) is 20.3 Å². The largest absolute Gasteiger partial charge is 0.460 e. The van der Waals surface area contributed by atoms with Gasteiger partial charge in [-0.3, -0.25) is 4.79 Å². The second-order valence-electron chi connectivity index (χ2n) is 4.30. The van der Waals surface area contributed by atoms with Gasteiger partial charge in [-0.25, -0.2) is 5.43 Å². The van der Waals surface area contributed by atoms with Gasteiger partial charge in [-0.05, 0) is 31.5 Å². The normalized spacial score (nSPS) is 11.4. The van der Waals surface area contributed by atoms with Crippen LogP contribution in [-0.2, 0) is 11.2 Å². The van der Waals surface area contributed by atoms with Gasteiger partial charge in [0.1, 0.15) is 17.2 Å². The first-order valence-corrected chi connectivity index (χ1v) is 6.09. The molecule has 2 aromatic rings. The summed E-state index contributed by atoms with van der Waals surface area (Å²) in [6.45, 7) is 3.66. The fourth-order valence-electron chi connectivity index (χ4n) is 1.65. The summed E-state index contributed by atoms with van der Waals surface area (Å²) in [6, 6.07) is 13.2. The molecule has 0 aliphatic heterocycles. The van der Waals surface area contributed by atoms with E-state index in [1.807, 2.05) is 49.4 Å². The molecule has 0 aliphatic rings. The molecule has 1 aromatic heterocycles. The molecule has 0 spiro atoms. The standard InChI is InChI=1S/C15H16N2O2/c1-11-8-9-14(19-11)12(2)16-17-15(18)10-13-6-4-3-5-7-13/h3-9H,10H2,1-2H3,(H,17,18)/b16-12+. The highest BCUT2D eigenvalue weighted by atomic mass is 16.3. The maximum Gasteiger partial charge on any atom is 0.244 e. The topological polar surface area (TPSA) is 54.6 Å². The van der Waals surface area contributed by atoms with Crippen LogP contribution >= 0.6 is 0 Å². The molecule has 1 aromatic carbocycles. The number of benzene rings is 1. The minimum Gasteiger partial charge on any atom is -0.460 e. The molecule has 0 fully saturated rings. The Morgan fingerprint density at radius 3 is 2.58 bits per heavy atom. The maximum atomic E-state index is 11.7. The summed E-state index contributed by atoms with van der Waals surface area (Å²) in [5.41, 5.74) is 4.14. The summed E-state index contributed by atoms with van der Waals surface area (Å²) < 4.78 is 5.41. The molecule has 0 radical (unpaired) electrons. The number of amides is 1. The van der Waals surface area contributed by atoms with Crippen molar-refractivity contribution in [1.82, 2.24) is 5.43 Å². The Morgan fingerprint density at radius 1 is 1.21 bits per heavy atom. The Morgan fingerprint density at radius 2 is 1.95 bits per heavy atom. The zero-order chi connectivity index (χ0) is 13.7. The van der Waals surface area contributed by atoms with Crippen LogP contribution in [0.2, 0.25) is 0 Å². The molecule has 0 saturated carbocycles. The van der Waals surface area contributed by atoms with Gasteiger partial charge in [0.2, 0.25) is 5.91 Å². The van der Waals surface area contributed by atoms with Crippen LogP contribution in [0.1, 0.15) is 24.0 Å². The first kappa shape index (κ1) is 13.1. The summed E-state index contributed by atoms with van der Waals surface area (Å²) >= 11 is 0. The Balaban J connectivity index is 1.93. The smallest absolute Gasteiger partial charge is 0.244 e. The van der Waals surface area contributed by atoms with E-state index in [9.17, 15) is 4.79 Å². The van der Waals surface area contributed by atoms with Crippen LogP contribution in [0.5, 0.6) is 0 Å². The summed E-state index contributed by atoms with van der Waals surface area (Å²) in [5, 5.41) is 4.03. The van der Waals surface area contributed by atoms with Crippen LogP contribution in [0.3, 0.4) is 0 Å². The van der Waals surface area contributed by atoms with E-state index in [1.54, 1.807) is 6.92 Å². The van der Waals surface area contributed by atoms with Crippen molar-refractivity contribution in [2.75, 3.05) is 0 Å². The molecule has 0 saturated heterocycles. The maximum absolute atomic E-state index is 11.7. The predicted octanol–water partition coefficient (Wildman–Crippen LogP) is 2.67. The molecule has 0 bridgehead atoms. The molecule has 2 rings (SSSR count). The number of hydrogen-bond donors (Lipinski definition) is 1. The summed E-state index contributed by atoms with van der Waals surface area (Å²) in [4.78, 5) is 11.7. The van der Waals surface area contributed by atoms with Crippen LogP contribution in [0.25, 0.3) is 0 Å². The molecule has 0 atom stereocenters. The highest BCUT2D eigenvalue weighted by Gasteiger charge is 2.05. The Bertz CT molecular complexity index is 585. The van der Waals surface area contributed by atoms with E-state index in [4.69, 9.17) is 4.42 Å². The van der Waals surface area contributed by atoms with E-state index in [0.717, 1.165) is 11.3 Å². The van der Waals surface area contributed by atoms with Crippen molar-refractivity contribution in [2.24, 2.45) is 5.10 Å². The molecule has 19 heavy (non-hydrogen) atoms. The van der Waals surface area contributed by atoms with E-state index in [1.165, 1.54) is 0 Å². The van der Waals surface area contributed by atoms with Crippen LogP contribution in [0.15, 0.2) is 52.0 Å². The van der Waals surface area contributed by atoms with Gasteiger partial charge in [0.15, 0.2) is 0 Å².